The van der Waals surface area contributed by atoms with Crippen molar-refractivity contribution in [3.8, 4) is 0 Å². The summed E-state index contributed by atoms with van der Waals surface area (Å²) in [5, 5.41) is 5.12. The minimum absolute atomic E-state index is 0.105. The predicted molar refractivity (Wildman–Crippen MR) is 91.2 cm³/mol. The molecule has 2 nitrogen and oxygen atoms in total. The van der Waals surface area contributed by atoms with Gasteiger partial charge in [-0.15, -0.1) is 0 Å². The van der Waals surface area contributed by atoms with Crippen LogP contribution in [0.5, 0.6) is 0 Å². The molecule has 0 aromatic heterocycles. The molecule has 23 heavy (non-hydrogen) atoms. The Kier molecular flexibility index (Phi) is 4.30. The highest BCUT2D eigenvalue weighted by molar-refractivity contribution is 6.33. The maximum absolute atomic E-state index is 13.8. The third-order valence-electron chi connectivity index (χ3n) is 3.81. The lowest BCUT2D eigenvalue weighted by Gasteiger charge is -2.16. The van der Waals surface area contributed by atoms with Crippen LogP contribution < -0.4 is 5.32 Å². The number of amides is 1. The lowest BCUT2D eigenvalue weighted by Crippen LogP contribution is -2.27. The van der Waals surface area contributed by atoms with Crippen LogP contribution in [0.1, 0.15) is 28.9 Å². The molecule has 0 spiro atoms. The fourth-order valence-corrected chi connectivity index (χ4v) is 2.79. The van der Waals surface area contributed by atoms with Crippen LogP contribution in [0.15, 0.2) is 60.7 Å². The van der Waals surface area contributed by atoms with Gasteiger partial charge in [0.05, 0.1) is 16.6 Å². The molecule has 0 aliphatic carbocycles. The van der Waals surface area contributed by atoms with Crippen molar-refractivity contribution in [2.75, 3.05) is 0 Å². The van der Waals surface area contributed by atoms with Crippen molar-refractivity contribution >= 4 is 28.3 Å². The number of fused-ring (bicyclic) bond motifs is 1. The number of nitrogens with one attached hydrogen (secondary N) is 1. The Morgan fingerprint density at radius 2 is 1.78 bits per heavy atom. The SMILES string of the molecule is CC(NC(=O)c1c(F)cccc1Cl)c1ccc2ccccc2c1. The first kappa shape index (κ1) is 15.5. The summed E-state index contributed by atoms with van der Waals surface area (Å²) in [5.74, 6) is -1.14. The Hall–Kier alpha value is -2.39. The van der Waals surface area contributed by atoms with E-state index < -0.39 is 11.7 Å². The summed E-state index contributed by atoms with van der Waals surface area (Å²) in [6.07, 6.45) is 0. The molecule has 116 valence electrons. The van der Waals surface area contributed by atoms with Gasteiger partial charge in [0.25, 0.3) is 5.91 Å². The van der Waals surface area contributed by atoms with Gasteiger partial charge in [-0.2, -0.15) is 0 Å². The van der Waals surface area contributed by atoms with Gasteiger partial charge in [-0.05, 0) is 41.5 Å². The summed E-state index contributed by atoms with van der Waals surface area (Å²) < 4.78 is 13.8. The highest BCUT2D eigenvalue weighted by Crippen LogP contribution is 2.23. The van der Waals surface area contributed by atoms with Crippen molar-refractivity contribution < 1.29 is 9.18 Å². The topological polar surface area (TPSA) is 29.1 Å². The Morgan fingerprint density at radius 3 is 2.52 bits per heavy atom. The summed E-state index contributed by atoms with van der Waals surface area (Å²) in [4.78, 5) is 12.3. The van der Waals surface area contributed by atoms with Crippen LogP contribution >= 0.6 is 11.6 Å². The first-order valence-corrected chi connectivity index (χ1v) is 7.67. The van der Waals surface area contributed by atoms with Gasteiger partial charge < -0.3 is 5.32 Å². The van der Waals surface area contributed by atoms with Crippen molar-refractivity contribution in [1.29, 1.82) is 0 Å². The van der Waals surface area contributed by atoms with Gasteiger partial charge in [-0.1, -0.05) is 54.1 Å². The van der Waals surface area contributed by atoms with E-state index in [1.165, 1.54) is 18.2 Å². The van der Waals surface area contributed by atoms with Crippen LogP contribution in [-0.4, -0.2) is 5.91 Å². The summed E-state index contributed by atoms with van der Waals surface area (Å²) in [6.45, 7) is 1.86. The molecule has 1 amide bonds. The van der Waals surface area contributed by atoms with Crippen molar-refractivity contribution in [3.05, 3.63) is 82.6 Å². The van der Waals surface area contributed by atoms with Gasteiger partial charge in [0.2, 0.25) is 0 Å². The largest absolute Gasteiger partial charge is 0.345 e. The molecule has 0 radical (unpaired) electrons. The van der Waals surface area contributed by atoms with E-state index in [4.69, 9.17) is 11.6 Å². The summed E-state index contributed by atoms with van der Waals surface area (Å²) >= 11 is 5.93. The van der Waals surface area contributed by atoms with Crippen molar-refractivity contribution in [2.45, 2.75) is 13.0 Å². The fraction of sp³-hybridized carbons (Fsp3) is 0.105. The zero-order valence-corrected chi connectivity index (χ0v) is 13.3. The van der Waals surface area contributed by atoms with Gasteiger partial charge in [0, 0.05) is 0 Å². The van der Waals surface area contributed by atoms with Gasteiger partial charge in [0.1, 0.15) is 5.82 Å². The first-order chi connectivity index (χ1) is 11.1. The molecule has 0 heterocycles. The van der Waals surface area contributed by atoms with E-state index in [1.807, 2.05) is 49.4 Å². The monoisotopic (exact) mass is 327 g/mol. The quantitative estimate of drug-likeness (QED) is 0.710. The minimum Gasteiger partial charge on any atom is -0.345 e. The average molecular weight is 328 g/mol. The van der Waals surface area contributed by atoms with E-state index in [9.17, 15) is 9.18 Å². The summed E-state index contributed by atoms with van der Waals surface area (Å²) in [6, 6.07) is 17.9. The number of halogens is 2. The van der Waals surface area contributed by atoms with Crippen molar-refractivity contribution in [2.24, 2.45) is 0 Å². The van der Waals surface area contributed by atoms with E-state index in [1.54, 1.807) is 0 Å². The molecule has 0 saturated carbocycles. The predicted octanol–water partition coefficient (Wildman–Crippen LogP) is 5.12. The molecule has 1 N–H and O–H groups in total. The number of hydrogen-bond acceptors (Lipinski definition) is 1. The van der Waals surface area contributed by atoms with Crippen LogP contribution in [0.3, 0.4) is 0 Å². The third kappa shape index (κ3) is 3.20. The molecule has 0 aliphatic rings. The Morgan fingerprint density at radius 1 is 1.04 bits per heavy atom. The average Bonchev–Trinajstić information content (AvgIpc) is 2.54. The van der Waals surface area contributed by atoms with Crippen molar-refractivity contribution in [1.82, 2.24) is 5.32 Å². The second-order valence-corrected chi connectivity index (χ2v) is 5.81. The molecule has 3 aromatic rings. The Labute approximate surface area is 138 Å². The first-order valence-electron chi connectivity index (χ1n) is 7.30. The van der Waals surface area contributed by atoms with Crippen LogP contribution in [0, 0.1) is 5.82 Å². The maximum atomic E-state index is 13.8. The molecule has 3 rings (SSSR count). The zero-order chi connectivity index (χ0) is 16.4. The molecule has 1 unspecified atom stereocenters. The van der Waals surface area contributed by atoms with E-state index in [2.05, 4.69) is 5.32 Å². The van der Waals surface area contributed by atoms with Gasteiger partial charge in [0.15, 0.2) is 0 Å². The lowest BCUT2D eigenvalue weighted by atomic mass is 10.0. The molecular formula is C19H15ClFNO. The smallest absolute Gasteiger partial charge is 0.256 e. The number of rotatable bonds is 3. The van der Waals surface area contributed by atoms with Gasteiger partial charge in [-0.3, -0.25) is 4.79 Å². The van der Waals surface area contributed by atoms with Crippen LogP contribution in [0.2, 0.25) is 5.02 Å². The Bertz CT molecular complexity index is 858. The molecular weight excluding hydrogens is 313 g/mol. The number of hydrogen-bond donors (Lipinski definition) is 1. The minimum atomic E-state index is -0.624. The Balaban J connectivity index is 1.85. The lowest BCUT2D eigenvalue weighted by molar-refractivity contribution is 0.0936. The standard InChI is InChI=1S/C19H15ClFNO/c1-12(14-10-9-13-5-2-3-6-15(13)11-14)22-19(23)18-16(20)7-4-8-17(18)21/h2-12H,1H3,(H,22,23). The molecule has 1 atom stereocenters. The highest BCUT2D eigenvalue weighted by Gasteiger charge is 2.18. The van der Waals surface area contributed by atoms with E-state index >= 15 is 0 Å². The zero-order valence-electron chi connectivity index (χ0n) is 12.5. The number of benzene rings is 3. The van der Waals surface area contributed by atoms with E-state index in [0.717, 1.165) is 16.3 Å². The molecule has 4 heteroatoms. The molecule has 0 aliphatic heterocycles. The van der Waals surface area contributed by atoms with Crippen molar-refractivity contribution in [3.63, 3.8) is 0 Å². The second kappa shape index (κ2) is 6.39. The van der Waals surface area contributed by atoms with Crippen LogP contribution in [-0.2, 0) is 0 Å². The fourth-order valence-electron chi connectivity index (χ4n) is 2.54. The molecule has 0 fully saturated rings. The van der Waals surface area contributed by atoms with Crippen LogP contribution in [0.4, 0.5) is 4.39 Å². The maximum Gasteiger partial charge on any atom is 0.256 e. The number of carbonyl (C=O) groups excluding carboxylic acids is 1. The van der Waals surface area contributed by atoms with Gasteiger partial charge in [-0.25, -0.2) is 4.39 Å². The summed E-state index contributed by atoms with van der Waals surface area (Å²) in [7, 11) is 0. The van der Waals surface area contributed by atoms with Gasteiger partial charge >= 0.3 is 0 Å². The molecule has 3 aromatic carbocycles. The normalized spacial score (nSPS) is 12.1. The molecule has 0 bridgehead atoms. The van der Waals surface area contributed by atoms with Crippen LogP contribution in [0.25, 0.3) is 10.8 Å². The third-order valence-corrected chi connectivity index (χ3v) is 4.13. The summed E-state index contributed by atoms with van der Waals surface area (Å²) in [5.41, 5.74) is 0.825. The van der Waals surface area contributed by atoms with E-state index in [-0.39, 0.29) is 16.6 Å². The molecule has 0 saturated heterocycles. The number of carbonyl (C=O) groups is 1. The van der Waals surface area contributed by atoms with E-state index in [0.29, 0.717) is 0 Å². The highest BCUT2D eigenvalue weighted by atomic mass is 35.5. The second-order valence-electron chi connectivity index (χ2n) is 5.40.